The Hall–Kier alpha value is -4.21. The predicted molar refractivity (Wildman–Crippen MR) is 315 cm³/mol. The molecular weight excluding hydrogens is 1010 g/mol. The summed E-state index contributed by atoms with van der Waals surface area (Å²) in [5, 5.41) is 1.03. The summed E-state index contributed by atoms with van der Waals surface area (Å²) in [5.41, 5.74) is 29.0. The Morgan fingerprint density at radius 2 is 0.478 bits per heavy atom. The monoisotopic (exact) mass is 1090 g/mol. The molecule has 0 aliphatic rings. The zero-order valence-electron chi connectivity index (χ0n) is 44.7. The number of halogens is 1. The Bertz CT molecular complexity index is 2460. The molecule has 2 heteroatoms. The standard InChI is InChI=1S/C67H79ISe/c1-39(2)53-22-17-23-54(40(3)4)64(53)49-32-47(33-50(36-49)65-55(41(5)6)24-18-25-56(65)42(7)8)61-30-21-31-62(63(61)38-69-68)48-34-51(66-57(43(9)10)26-19-27-58(66)44(11)12)37-52(35-48)67-59(45(13)14)28-20-29-60(67)46(15)16/h17-37,39-46H,38H2,1-16H3. The van der Waals surface area contributed by atoms with E-state index >= 15 is 0 Å². The molecule has 0 aliphatic heterocycles. The quantitative estimate of drug-likeness (QED) is 0.0668. The minimum absolute atomic E-state index is 0.359. The molecule has 0 fully saturated rings. The van der Waals surface area contributed by atoms with Crippen LogP contribution in [-0.2, 0) is 5.32 Å². The van der Waals surface area contributed by atoms with Gasteiger partial charge in [-0.05, 0) is 0 Å². The van der Waals surface area contributed by atoms with Crippen LogP contribution in [0.1, 0.15) is 208 Å². The second kappa shape index (κ2) is 22.5. The summed E-state index contributed by atoms with van der Waals surface area (Å²) < 4.78 is 0. The molecule has 0 heterocycles. The van der Waals surface area contributed by atoms with Gasteiger partial charge in [-0.25, -0.2) is 0 Å². The zero-order chi connectivity index (χ0) is 50.0. The van der Waals surface area contributed by atoms with E-state index in [4.69, 9.17) is 0 Å². The fourth-order valence-electron chi connectivity index (χ4n) is 11.0. The van der Waals surface area contributed by atoms with Gasteiger partial charge in [-0.3, -0.25) is 0 Å². The predicted octanol–water partition coefficient (Wildman–Crippen LogP) is 21.2. The molecule has 0 unspecified atom stereocenters. The van der Waals surface area contributed by atoms with Crippen molar-refractivity contribution in [2.24, 2.45) is 0 Å². The fourth-order valence-corrected chi connectivity index (χ4v) is 13.5. The second-order valence-electron chi connectivity index (χ2n) is 22.2. The van der Waals surface area contributed by atoms with E-state index in [-0.39, 0.29) is 0 Å². The van der Waals surface area contributed by atoms with E-state index < -0.39 is 0 Å². The first-order valence-electron chi connectivity index (χ1n) is 26.0. The van der Waals surface area contributed by atoms with Crippen LogP contribution in [-0.4, -0.2) is 11.7 Å². The number of hydrogen-bond donors (Lipinski definition) is 0. The maximum absolute atomic E-state index is 2.68. The summed E-state index contributed by atoms with van der Waals surface area (Å²) in [7, 11) is 0. The van der Waals surface area contributed by atoms with Crippen LogP contribution in [0.15, 0.2) is 127 Å². The van der Waals surface area contributed by atoms with Gasteiger partial charge < -0.3 is 0 Å². The van der Waals surface area contributed by atoms with Gasteiger partial charge in [0.1, 0.15) is 0 Å². The summed E-state index contributed by atoms with van der Waals surface area (Å²) in [6.45, 7) is 37.8. The van der Waals surface area contributed by atoms with Crippen LogP contribution < -0.4 is 0 Å². The maximum atomic E-state index is 2.68. The molecule has 7 aromatic carbocycles. The Morgan fingerprint density at radius 3 is 0.667 bits per heavy atom. The summed E-state index contributed by atoms with van der Waals surface area (Å²) >= 11 is 3.04. The van der Waals surface area contributed by atoms with Gasteiger partial charge in [0, 0.05) is 0 Å². The van der Waals surface area contributed by atoms with Crippen LogP contribution >= 0.6 is 20.3 Å². The third-order valence-corrected chi connectivity index (χ3v) is 17.0. The van der Waals surface area contributed by atoms with Gasteiger partial charge in [0.2, 0.25) is 0 Å². The van der Waals surface area contributed by atoms with Gasteiger partial charge in [-0.15, -0.1) is 0 Å². The van der Waals surface area contributed by atoms with Gasteiger partial charge in [0.05, 0.1) is 0 Å². The van der Waals surface area contributed by atoms with E-state index in [1.165, 1.54) is 117 Å². The normalized spacial score (nSPS) is 12.1. The molecule has 360 valence electrons. The third-order valence-electron chi connectivity index (χ3n) is 14.5. The molecule has 0 saturated heterocycles. The Morgan fingerprint density at radius 1 is 0.290 bits per heavy atom. The van der Waals surface area contributed by atoms with Gasteiger partial charge in [-0.1, -0.05) is 0 Å². The summed E-state index contributed by atoms with van der Waals surface area (Å²) in [6.07, 6.45) is 0. The van der Waals surface area contributed by atoms with Crippen molar-refractivity contribution in [3.63, 3.8) is 0 Å². The number of hydrogen-bond acceptors (Lipinski definition) is 0. The molecule has 0 aromatic heterocycles. The van der Waals surface area contributed by atoms with E-state index in [0.29, 0.717) is 59.1 Å². The van der Waals surface area contributed by atoms with Crippen LogP contribution in [0.3, 0.4) is 0 Å². The molecule has 69 heavy (non-hydrogen) atoms. The van der Waals surface area contributed by atoms with Crippen molar-refractivity contribution in [3.8, 4) is 66.8 Å². The minimum atomic E-state index is 0.359. The molecule has 0 spiro atoms. The van der Waals surface area contributed by atoms with Crippen molar-refractivity contribution >= 4 is 32.1 Å². The molecule has 0 aliphatic carbocycles. The van der Waals surface area contributed by atoms with Crippen LogP contribution in [0.4, 0.5) is 0 Å². The Balaban J connectivity index is 1.63. The first-order valence-corrected chi connectivity index (χ1v) is 32.5. The van der Waals surface area contributed by atoms with Gasteiger partial charge in [0.15, 0.2) is 0 Å². The average molecular weight is 1090 g/mol. The van der Waals surface area contributed by atoms with Gasteiger partial charge in [-0.2, -0.15) is 0 Å². The third kappa shape index (κ3) is 11.0. The molecule has 7 rings (SSSR count). The Kier molecular flexibility index (Phi) is 17.1. The second-order valence-corrected chi connectivity index (χ2v) is 26.5. The topological polar surface area (TPSA) is 0 Å². The fraction of sp³-hybridized carbons (Fsp3) is 0.373. The molecule has 0 N–H and O–H groups in total. The average Bonchev–Trinajstić information content (AvgIpc) is 3.32. The first kappa shape index (κ1) is 52.6. The number of benzene rings is 7. The van der Waals surface area contributed by atoms with Crippen LogP contribution in [0.2, 0.25) is 0 Å². The molecular formula is C67H79ISe. The molecule has 7 aromatic rings. The molecule has 0 saturated carbocycles. The summed E-state index contributed by atoms with van der Waals surface area (Å²) in [6, 6.07) is 50.6. The Labute approximate surface area is 436 Å². The van der Waals surface area contributed by atoms with E-state index in [2.05, 4.69) is 259 Å². The molecule has 0 atom stereocenters. The van der Waals surface area contributed by atoms with E-state index in [0.717, 1.165) is 5.32 Å². The van der Waals surface area contributed by atoms with Gasteiger partial charge in [0.25, 0.3) is 0 Å². The summed E-state index contributed by atoms with van der Waals surface area (Å²) in [5.74, 6) is 3.08. The van der Waals surface area contributed by atoms with Crippen LogP contribution in [0, 0.1) is 0 Å². The molecule has 0 radical (unpaired) electrons. The SMILES string of the molecule is CC(C)c1cccc(C(C)C)c1-c1cc(-c2cccc(-c3cc(-c4c(C(C)C)cccc4C(C)C)cc(-c4c(C(C)C)cccc4C(C)C)c3)c2C[Se]I)cc(-c2c(C(C)C)cccc2C(C)C)c1. The molecule has 0 nitrogen and oxygen atoms in total. The van der Waals surface area contributed by atoms with Crippen molar-refractivity contribution in [1.29, 1.82) is 0 Å². The molecule has 0 amide bonds. The van der Waals surface area contributed by atoms with E-state index in [1.54, 1.807) is 0 Å². The van der Waals surface area contributed by atoms with E-state index in [9.17, 15) is 0 Å². The van der Waals surface area contributed by atoms with Crippen LogP contribution in [0.25, 0.3) is 66.8 Å². The van der Waals surface area contributed by atoms with Crippen molar-refractivity contribution in [1.82, 2.24) is 0 Å². The zero-order valence-corrected chi connectivity index (χ0v) is 48.6. The number of rotatable bonds is 16. The van der Waals surface area contributed by atoms with Crippen molar-refractivity contribution < 1.29 is 0 Å². The van der Waals surface area contributed by atoms with Crippen molar-refractivity contribution in [2.75, 3.05) is 0 Å². The van der Waals surface area contributed by atoms with Crippen molar-refractivity contribution in [3.05, 3.63) is 177 Å². The van der Waals surface area contributed by atoms with Crippen LogP contribution in [0.5, 0.6) is 0 Å². The molecule has 0 bridgehead atoms. The summed E-state index contributed by atoms with van der Waals surface area (Å²) in [4.78, 5) is 0. The van der Waals surface area contributed by atoms with Crippen molar-refractivity contribution in [2.45, 2.75) is 163 Å². The first-order chi connectivity index (χ1) is 32.8. The van der Waals surface area contributed by atoms with E-state index in [1.807, 2.05) is 0 Å². The van der Waals surface area contributed by atoms with Gasteiger partial charge >= 0.3 is 440 Å².